The molecule has 3 heterocycles. The second-order valence-corrected chi connectivity index (χ2v) is 10.0. The summed E-state index contributed by atoms with van der Waals surface area (Å²) in [6, 6.07) is 7.20. The molecule has 0 spiro atoms. The summed E-state index contributed by atoms with van der Waals surface area (Å²) in [5.74, 6) is -0.714. The number of likely N-dealkylation sites (N-methyl/N-ethyl adjacent to an activating group) is 1. The van der Waals surface area contributed by atoms with Crippen LogP contribution in [0.4, 0.5) is 37.5 Å². The Morgan fingerprint density at radius 1 is 1.17 bits per heavy atom. The van der Waals surface area contributed by atoms with Crippen LogP contribution in [0.1, 0.15) is 18.0 Å². The largest absolute Gasteiger partial charge is 0.494 e. The Kier molecular flexibility index (Phi) is 8.52. The third-order valence-electron chi connectivity index (χ3n) is 7.08. The highest BCUT2D eigenvalue weighted by molar-refractivity contribution is 6.31. The SMILES string of the molecule is C=CC(=O)Nc1cc(Nc2cc(N3OCC[C@@H]3c3ccc(F)c(Cl)c3F)ncn2)c(OC)cc1N1CCN(C)CC1. The van der Waals surface area contributed by atoms with Crippen molar-refractivity contribution in [3.05, 3.63) is 71.5 Å². The summed E-state index contributed by atoms with van der Waals surface area (Å²) < 4.78 is 34.3. The Labute approximate surface area is 241 Å². The van der Waals surface area contributed by atoms with Crippen molar-refractivity contribution < 1.29 is 23.1 Å². The molecule has 2 saturated heterocycles. The number of methoxy groups -OCH3 is 1. The van der Waals surface area contributed by atoms with E-state index in [-0.39, 0.29) is 11.5 Å². The number of nitrogens with zero attached hydrogens (tertiary/aromatic N) is 5. The van der Waals surface area contributed by atoms with Crippen LogP contribution in [0.15, 0.2) is 49.3 Å². The van der Waals surface area contributed by atoms with Gasteiger partial charge < -0.3 is 25.2 Å². The standard InChI is InChI=1S/C28H30ClF2N7O3/c1-4-26(39)35-19-13-20(23(40-3)14-22(19)37-10-8-36(2)9-11-37)34-24-15-25(33-16-32-24)38-21(7-12-41-38)17-5-6-18(30)27(29)28(17)31/h4-6,13-16,21H,1,7-12H2,2-3H3,(H,35,39)(H,32,33,34)/t21-/m1/s1. The summed E-state index contributed by atoms with van der Waals surface area (Å²) in [6.07, 6.45) is 3.00. The first-order valence-corrected chi connectivity index (χ1v) is 13.4. The van der Waals surface area contributed by atoms with Crippen LogP contribution in [-0.2, 0) is 9.63 Å². The van der Waals surface area contributed by atoms with Gasteiger partial charge in [0.25, 0.3) is 0 Å². The number of aromatic nitrogens is 2. The number of amides is 1. The first-order chi connectivity index (χ1) is 19.8. The van der Waals surface area contributed by atoms with E-state index in [2.05, 4.69) is 44.0 Å². The minimum atomic E-state index is -0.834. The van der Waals surface area contributed by atoms with E-state index >= 15 is 0 Å². The van der Waals surface area contributed by atoms with Crippen LogP contribution in [0.5, 0.6) is 5.75 Å². The molecule has 1 amide bonds. The van der Waals surface area contributed by atoms with E-state index in [9.17, 15) is 13.6 Å². The molecular weight excluding hydrogens is 556 g/mol. The maximum atomic E-state index is 14.8. The molecule has 2 aliphatic rings. The molecule has 5 rings (SSSR count). The summed E-state index contributed by atoms with van der Waals surface area (Å²) in [4.78, 5) is 31.1. The minimum absolute atomic E-state index is 0.200. The van der Waals surface area contributed by atoms with Crippen LogP contribution < -0.4 is 25.3 Å². The van der Waals surface area contributed by atoms with Crippen molar-refractivity contribution in [2.45, 2.75) is 12.5 Å². The first kappa shape index (κ1) is 28.5. The van der Waals surface area contributed by atoms with Crippen LogP contribution >= 0.6 is 11.6 Å². The van der Waals surface area contributed by atoms with E-state index in [1.54, 1.807) is 19.2 Å². The van der Waals surface area contributed by atoms with Gasteiger partial charge in [0.2, 0.25) is 5.91 Å². The Hall–Kier alpha value is -4.00. The van der Waals surface area contributed by atoms with Crippen molar-refractivity contribution >= 4 is 46.2 Å². The molecule has 13 heteroatoms. The zero-order valence-electron chi connectivity index (χ0n) is 22.7. The van der Waals surface area contributed by atoms with Gasteiger partial charge in [0.05, 0.1) is 36.8 Å². The van der Waals surface area contributed by atoms with Crippen LogP contribution in [0.2, 0.25) is 5.02 Å². The molecule has 3 aromatic rings. The van der Waals surface area contributed by atoms with Gasteiger partial charge in [-0.15, -0.1) is 0 Å². The first-order valence-electron chi connectivity index (χ1n) is 13.0. The lowest BCUT2D eigenvalue weighted by Crippen LogP contribution is -2.44. The maximum Gasteiger partial charge on any atom is 0.247 e. The number of piperazine rings is 1. The second kappa shape index (κ2) is 12.2. The van der Waals surface area contributed by atoms with Crippen LogP contribution in [0.25, 0.3) is 0 Å². The lowest BCUT2D eigenvalue weighted by molar-refractivity contribution is -0.111. The molecule has 10 nitrogen and oxygen atoms in total. The number of benzene rings is 2. The predicted octanol–water partition coefficient (Wildman–Crippen LogP) is 4.92. The van der Waals surface area contributed by atoms with Gasteiger partial charge in [-0.25, -0.2) is 23.8 Å². The molecule has 0 radical (unpaired) electrons. The molecule has 2 fully saturated rings. The topological polar surface area (TPSA) is 95.1 Å². The van der Waals surface area contributed by atoms with Gasteiger partial charge >= 0.3 is 0 Å². The fraction of sp³-hybridized carbons (Fsp3) is 0.321. The molecule has 0 aliphatic carbocycles. The summed E-state index contributed by atoms with van der Waals surface area (Å²) in [6.45, 7) is 7.21. The average Bonchev–Trinajstić information content (AvgIpc) is 3.46. The Bertz CT molecular complexity index is 1450. The third-order valence-corrected chi connectivity index (χ3v) is 7.42. The van der Waals surface area contributed by atoms with E-state index in [1.165, 1.54) is 23.5 Å². The van der Waals surface area contributed by atoms with Gasteiger partial charge in [-0.05, 0) is 25.3 Å². The quantitative estimate of drug-likeness (QED) is 0.282. The van der Waals surface area contributed by atoms with E-state index in [0.29, 0.717) is 41.8 Å². The number of ether oxygens (including phenoxy) is 1. The molecule has 2 N–H and O–H groups in total. The number of anilines is 5. The normalized spacial score (nSPS) is 17.4. The van der Waals surface area contributed by atoms with Crippen LogP contribution in [0, 0.1) is 11.6 Å². The lowest BCUT2D eigenvalue weighted by atomic mass is 10.0. The van der Waals surface area contributed by atoms with Gasteiger partial charge in [-0.1, -0.05) is 24.2 Å². The molecular formula is C28H30ClF2N7O3. The van der Waals surface area contributed by atoms with Gasteiger partial charge in [-0.3, -0.25) is 9.63 Å². The van der Waals surface area contributed by atoms with Gasteiger partial charge in [0, 0.05) is 50.3 Å². The smallest absolute Gasteiger partial charge is 0.247 e. The number of hydroxylamine groups is 1. The van der Waals surface area contributed by atoms with Crippen molar-refractivity contribution in [3.63, 3.8) is 0 Å². The molecule has 1 atom stereocenters. The number of nitrogens with one attached hydrogen (secondary N) is 2. The number of carbonyl (C=O) groups excluding carboxylic acids is 1. The highest BCUT2D eigenvalue weighted by Crippen LogP contribution is 2.40. The summed E-state index contributed by atoms with van der Waals surface area (Å²) in [5, 5.41) is 7.03. The summed E-state index contributed by atoms with van der Waals surface area (Å²) in [5.41, 5.74) is 2.16. The minimum Gasteiger partial charge on any atom is -0.494 e. The molecule has 2 aromatic carbocycles. The number of hydrogen-bond donors (Lipinski definition) is 2. The second-order valence-electron chi connectivity index (χ2n) is 9.67. The third kappa shape index (κ3) is 6.04. The van der Waals surface area contributed by atoms with Crippen molar-refractivity contribution in [2.24, 2.45) is 0 Å². The number of halogens is 3. The van der Waals surface area contributed by atoms with Crippen molar-refractivity contribution in [3.8, 4) is 5.75 Å². The maximum absolute atomic E-state index is 14.8. The number of carbonyl (C=O) groups is 1. The fourth-order valence-electron chi connectivity index (χ4n) is 4.88. The summed E-state index contributed by atoms with van der Waals surface area (Å²) in [7, 11) is 3.63. The number of rotatable bonds is 8. The van der Waals surface area contributed by atoms with Gasteiger partial charge in [0.1, 0.15) is 34.6 Å². The molecule has 0 bridgehead atoms. The molecule has 216 valence electrons. The zero-order valence-corrected chi connectivity index (χ0v) is 23.4. The van der Waals surface area contributed by atoms with E-state index in [0.717, 1.165) is 37.9 Å². The monoisotopic (exact) mass is 585 g/mol. The van der Waals surface area contributed by atoms with Crippen molar-refractivity contribution in [2.75, 3.05) is 67.5 Å². The van der Waals surface area contributed by atoms with E-state index < -0.39 is 22.7 Å². The van der Waals surface area contributed by atoms with Crippen LogP contribution in [0.3, 0.4) is 0 Å². The Morgan fingerprint density at radius 3 is 2.68 bits per heavy atom. The zero-order chi connectivity index (χ0) is 29.1. The fourth-order valence-corrected chi connectivity index (χ4v) is 5.05. The van der Waals surface area contributed by atoms with Crippen molar-refractivity contribution in [1.29, 1.82) is 0 Å². The van der Waals surface area contributed by atoms with Gasteiger partial charge in [0.15, 0.2) is 5.82 Å². The van der Waals surface area contributed by atoms with Crippen LogP contribution in [-0.4, -0.2) is 67.7 Å². The highest BCUT2D eigenvalue weighted by Gasteiger charge is 2.32. The van der Waals surface area contributed by atoms with E-state index in [1.807, 2.05) is 6.07 Å². The average molecular weight is 586 g/mol. The number of hydrogen-bond acceptors (Lipinski definition) is 9. The molecule has 1 aromatic heterocycles. The summed E-state index contributed by atoms with van der Waals surface area (Å²) >= 11 is 5.83. The Morgan fingerprint density at radius 2 is 1.95 bits per heavy atom. The Balaban J connectivity index is 1.45. The van der Waals surface area contributed by atoms with Crippen molar-refractivity contribution in [1.82, 2.24) is 14.9 Å². The molecule has 0 unspecified atom stereocenters. The lowest BCUT2D eigenvalue weighted by Gasteiger charge is -2.35. The van der Waals surface area contributed by atoms with E-state index in [4.69, 9.17) is 21.2 Å². The van der Waals surface area contributed by atoms with Gasteiger partial charge in [-0.2, -0.15) is 0 Å². The molecule has 41 heavy (non-hydrogen) atoms. The molecule has 2 aliphatic heterocycles. The highest BCUT2D eigenvalue weighted by atomic mass is 35.5. The predicted molar refractivity (Wildman–Crippen MR) is 154 cm³/mol. The molecule has 0 saturated carbocycles.